The number of rotatable bonds is 9. The van der Waals surface area contributed by atoms with Gasteiger partial charge in [-0.1, -0.05) is 52.3 Å². The Morgan fingerprint density at radius 2 is 1.64 bits per heavy atom. The fraction of sp³-hybridized carbons (Fsp3) is 0.0357. The molecule has 0 aliphatic rings. The predicted octanol–water partition coefficient (Wildman–Crippen LogP) is 6.43. The van der Waals surface area contributed by atoms with E-state index < -0.39 is 11.8 Å². The zero-order chi connectivity index (χ0) is 25.3. The van der Waals surface area contributed by atoms with Crippen molar-refractivity contribution in [2.75, 3.05) is 11.1 Å². The number of amides is 2. The molecule has 1 heterocycles. The van der Waals surface area contributed by atoms with E-state index in [1.54, 1.807) is 72.8 Å². The number of carbonyl (C=O) groups excluding carboxylic acids is 3. The number of benzene rings is 3. The second-order valence-corrected chi connectivity index (χ2v) is 9.56. The van der Waals surface area contributed by atoms with E-state index >= 15 is 0 Å². The van der Waals surface area contributed by atoms with Crippen LogP contribution in [0.2, 0.25) is 0 Å². The van der Waals surface area contributed by atoms with Gasteiger partial charge in [0.1, 0.15) is 11.5 Å². The van der Waals surface area contributed by atoms with E-state index in [2.05, 4.69) is 26.6 Å². The number of carbonyl (C=O) groups is 3. The third-order valence-electron chi connectivity index (χ3n) is 4.99. The minimum Gasteiger partial charge on any atom is -0.465 e. The van der Waals surface area contributed by atoms with Crippen LogP contribution >= 0.6 is 27.7 Å². The molecule has 0 atom stereocenters. The van der Waals surface area contributed by atoms with Gasteiger partial charge >= 0.3 is 0 Å². The molecule has 0 aliphatic heterocycles. The average Bonchev–Trinajstić information content (AvgIpc) is 3.41. The van der Waals surface area contributed by atoms with E-state index in [4.69, 9.17) is 4.42 Å². The van der Waals surface area contributed by atoms with Crippen LogP contribution in [0.5, 0.6) is 0 Å². The lowest BCUT2D eigenvalue weighted by Crippen LogP contribution is -2.30. The maximum Gasteiger partial charge on any atom is 0.272 e. The Morgan fingerprint density at radius 3 is 2.36 bits per heavy atom. The largest absolute Gasteiger partial charge is 0.465 e. The van der Waals surface area contributed by atoms with Crippen LogP contribution in [-0.4, -0.2) is 23.4 Å². The number of nitrogens with one attached hydrogen (secondary N) is 2. The molecule has 0 saturated carbocycles. The van der Waals surface area contributed by atoms with Crippen LogP contribution in [0.25, 0.3) is 6.08 Å². The summed E-state index contributed by atoms with van der Waals surface area (Å²) in [5.74, 6) is -0.239. The van der Waals surface area contributed by atoms with Gasteiger partial charge in [0.05, 0.1) is 12.0 Å². The highest BCUT2D eigenvalue weighted by Gasteiger charge is 2.16. The first-order chi connectivity index (χ1) is 17.5. The van der Waals surface area contributed by atoms with E-state index in [1.165, 1.54) is 24.1 Å². The van der Waals surface area contributed by atoms with Crippen LogP contribution < -0.4 is 10.6 Å². The second kappa shape index (κ2) is 12.2. The van der Waals surface area contributed by atoms with E-state index in [9.17, 15) is 14.4 Å². The summed E-state index contributed by atoms with van der Waals surface area (Å²) >= 11 is 4.74. The minimum atomic E-state index is -0.510. The SMILES string of the molecule is O=C(Nc1cccc(SCC(=O)c2ccc(Br)cc2)c1)/C(=C/c1ccco1)NC(=O)c1ccccc1. The molecule has 2 amide bonds. The van der Waals surface area contributed by atoms with Crippen LogP contribution in [0.3, 0.4) is 0 Å². The van der Waals surface area contributed by atoms with Gasteiger partial charge in [-0.25, -0.2) is 0 Å². The quantitative estimate of drug-likeness (QED) is 0.140. The molecule has 4 aromatic rings. The summed E-state index contributed by atoms with van der Waals surface area (Å²) in [6.07, 6.45) is 2.95. The van der Waals surface area contributed by atoms with Gasteiger partial charge < -0.3 is 15.1 Å². The Morgan fingerprint density at radius 1 is 0.861 bits per heavy atom. The van der Waals surface area contributed by atoms with Gasteiger partial charge in [0, 0.05) is 32.3 Å². The van der Waals surface area contributed by atoms with E-state index in [1.807, 2.05) is 18.2 Å². The molecule has 4 rings (SSSR count). The second-order valence-electron chi connectivity index (χ2n) is 7.59. The predicted molar refractivity (Wildman–Crippen MR) is 145 cm³/mol. The molecule has 0 spiro atoms. The number of hydrogen-bond donors (Lipinski definition) is 2. The number of halogens is 1. The lowest BCUT2D eigenvalue weighted by atomic mass is 10.2. The number of anilines is 1. The first-order valence-corrected chi connectivity index (χ1v) is 12.7. The monoisotopic (exact) mass is 560 g/mol. The molecule has 3 aromatic carbocycles. The van der Waals surface area contributed by atoms with Crippen LogP contribution in [-0.2, 0) is 4.79 Å². The average molecular weight is 561 g/mol. The van der Waals surface area contributed by atoms with Crippen molar-refractivity contribution >= 4 is 57.1 Å². The summed E-state index contributed by atoms with van der Waals surface area (Å²) in [7, 11) is 0. The Kier molecular flexibility index (Phi) is 8.54. The molecule has 180 valence electrons. The van der Waals surface area contributed by atoms with Crippen molar-refractivity contribution in [1.82, 2.24) is 5.32 Å². The van der Waals surface area contributed by atoms with Crippen LogP contribution in [0.4, 0.5) is 5.69 Å². The first kappa shape index (κ1) is 25.2. The molecule has 0 aliphatic carbocycles. The highest BCUT2D eigenvalue weighted by molar-refractivity contribution is 9.10. The molecular weight excluding hydrogens is 540 g/mol. The third kappa shape index (κ3) is 7.07. The van der Waals surface area contributed by atoms with Gasteiger partial charge in [0.25, 0.3) is 11.8 Å². The molecule has 36 heavy (non-hydrogen) atoms. The number of Topliss-reactive ketones (excluding diaryl/α,β-unsaturated/α-hetero) is 1. The Balaban J connectivity index is 1.44. The molecule has 0 radical (unpaired) electrons. The van der Waals surface area contributed by atoms with Crippen molar-refractivity contribution < 1.29 is 18.8 Å². The number of hydrogen-bond acceptors (Lipinski definition) is 5. The highest BCUT2D eigenvalue weighted by Crippen LogP contribution is 2.23. The summed E-state index contributed by atoms with van der Waals surface area (Å²) in [5, 5.41) is 5.48. The summed E-state index contributed by atoms with van der Waals surface area (Å²) in [5.41, 5.74) is 1.61. The van der Waals surface area contributed by atoms with Gasteiger partial charge in [-0.15, -0.1) is 11.8 Å². The third-order valence-corrected chi connectivity index (χ3v) is 6.51. The lowest BCUT2D eigenvalue weighted by Gasteiger charge is -2.12. The molecule has 2 N–H and O–H groups in total. The molecule has 0 unspecified atom stereocenters. The highest BCUT2D eigenvalue weighted by atomic mass is 79.9. The van der Waals surface area contributed by atoms with Crippen molar-refractivity contribution in [3.05, 3.63) is 124 Å². The molecule has 8 heteroatoms. The zero-order valence-corrected chi connectivity index (χ0v) is 21.3. The fourth-order valence-corrected chi connectivity index (χ4v) is 4.30. The summed E-state index contributed by atoms with van der Waals surface area (Å²) in [6.45, 7) is 0. The summed E-state index contributed by atoms with van der Waals surface area (Å²) in [6, 6.07) is 26.4. The molecule has 0 fully saturated rings. The number of thioether (sulfide) groups is 1. The fourth-order valence-electron chi connectivity index (χ4n) is 3.19. The molecule has 6 nitrogen and oxygen atoms in total. The number of ketones is 1. The van der Waals surface area contributed by atoms with Crippen molar-refractivity contribution in [3.63, 3.8) is 0 Å². The minimum absolute atomic E-state index is 0.00855. The Labute approximate surface area is 220 Å². The standard InChI is InChI=1S/C28H21BrN2O4S/c29-21-13-11-19(12-14-21)26(32)18-36-24-10-4-8-22(16-24)30-28(34)25(17-23-9-5-15-35-23)31-27(33)20-6-2-1-3-7-20/h1-17H,18H2,(H,30,34)(H,31,33)/b25-17-. The molecule has 0 saturated heterocycles. The Bertz CT molecular complexity index is 1380. The van der Waals surface area contributed by atoms with Crippen LogP contribution in [0, 0.1) is 0 Å². The van der Waals surface area contributed by atoms with Crippen molar-refractivity contribution in [1.29, 1.82) is 0 Å². The molecule has 0 bridgehead atoms. The molecule has 1 aromatic heterocycles. The van der Waals surface area contributed by atoms with Gasteiger partial charge in [-0.05, 0) is 54.6 Å². The topological polar surface area (TPSA) is 88.4 Å². The van der Waals surface area contributed by atoms with E-state index in [-0.39, 0.29) is 17.2 Å². The van der Waals surface area contributed by atoms with E-state index in [0.717, 1.165) is 9.37 Å². The van der Waals surface area contributed by atoms with Crippen molar-refractivity contribution in [2.24, 2.45) is 0 Å². The van der Waals surface area contributed by atoms with Gasteiger partial charge in [-0.2, -0.15) is 0 Å². The number of furan rings is 1. The van der Waals surface area contributed by atoms with Crippen molar-refractivity contribution in [2.45, 2.75) is 4.90 Å². The maximum absolute atomic E-state index is 13.1. The van der Waals surface area contributed by atoms with Crippen LogP contribution in [0.1, 0.15) is 26.5 Å². The van der Waals surface area contributed by atoms with Gasteiger partial charge in [0.15, 0.2) is 5.78 Å². The molecular formula is C28H21BrN2O4S. The Hall–Kier alpha value is -3.88. The van der Waals surface area contributed by atoms with Crippen molar-refractivity contribution in [3.8, 4) is 0 Å². The van der Waals surface area contributed by atoms with Gasteiger partial charge in [0.2, 0.25) is 0 Å². The van der Waals surface area contributed by atoms with E-state index in [0.29, 0.717) is 22.6 Å². The summed E-state index contributed by atoms with van der Waals surface area (Å²) in [4.78, 5) is 39.1. The smallest absolute Gasteiger partial charge is 0.272 e. The van der Waals surface area contributed by atoms with Gasteiger partial charge in [-0.3, -0.25) is 14.4 Å². The lowest BCUT2D eigenvalue weighted by molar-refractivity contribution is -0.113. The van der Waals surface area contributed by atoms with Crippen LogP contribution in [0.15, 0.2) is 117 Å². The summed E-state index contributed by atoms with van der Waals surface area (Å²) < 4.78 is 6.24. The normalized spacial score (nSPS) is 11.1. The maximum atomic E-state index is 13.1. The first-order valence-electron chi connectivity index (χ1n) is 10.9. The zero-order valence-electron chi connectivity index (χ0n) is 18.9.